The lowest BCUT2D eigenvalue weighted by Gasteiger charge is -2.39. The Morgan fingerprint density at radius 3 is 2.25 bits per heavy atom. The van der Waals surface area contributed by atoms with Crippen LogP contribution in [0.25, 0.3) is 11.8 Å². The second-order valence-electron chi connectivity index (χ2n) is 10.4. The molecule has 2 aromatic carbocycles. The van der Waals surface area contributed by atoms with Gasteiger partial charge in [0.25, 0.3) is 12.2 Å². The molecule has 1 aliphatic rings. The zero-order valence-corrected chi connectivity index (χ0v) is 25.9. The van der Waals surface area contributed by atoms with Crippen LogP contribution in [0.4, 0.5) is 30.7 Å². The lowest BCUT2D eigenvalue weighted by Crippen LogP contribution is -2.48. The van der Waals surface area contributed by atoms with Gasteiger partial charge in [-0.2, -0.15) is 17.7 Å². The van der Waals surface area contributed by atoms with Gasteiger partial charge in [0.15, 0.2) is 34.7 Å². The van der Waals surface area contributed by atoms with E-state index in [4.69, 9.17) is 24.4 Å². The van der Waals surface area contributed by atoms with Crippen molar-refractivity contribution in [1.82, 2.24) is 9.47 Å². The molecule has 0 aliphatic carbocycles. The Morgan fingerprint density at radius 1 is 1.17 bits per heavy atom. The van der Waals surface area contributed by atoms with Crippen molar-refractivity contribution in [3.8, 4) is 5.69 Å². The minimum atomic E-state index is -5.19. The minimum absolute atomic E-state index is 0.0572. The Morgan fingerprint density at radius 2 is 1.75 bits per heavy atom. The summed E-state index contributed by atoms with van der Waals surface area (Å²) in [6.45, 7) is 4.05. The highest BCUT2D eigenvalue weighted by molar-refractivity contribution is 7.46. The van der Waals surface area contributed by atoms with E-state index in [9.17, 15) is 40.8 Å². The van der Waals surface area contributed by atoms with Crippen molar-refractivity contribution in [3.63, 3.8) is 0 Å². The number of alkyl halides is 3. The topological polar surface area (TPSA) is 165 Å². The smallest absolute Gasteiger partial charge is 0.472 e. The lowest BCUT2D eigenvalue weighted by atomic mass is 9.98. The van der Waals surface area contributed by atoms with E-state index in [-0.39, 0.29) is 29.1 Å². The molecular formula is C28H27F7N3O9P. The number of imidazole rings is 1. The fourth-order valence-electron chi connectivity index (χ4n) is 4.53. The van der Waals surface area contributed by atoms with Gasteiger partial charge in [-0.15, -0.1) is 0 Å². The predicted molar refractivity (Wildman–Crippen MR) is 146 cm³/mol. The summed E-state index contributed by atoms with van der Waals surface area (Å²) in [5.74, 6) is -9.28. The largest absolute Gasteiger partial charge is 0.542 e. The number of nitrogens with zero attached hydrogens (tertiary/aromatic N) is 3. The van der Waals surface area contributed by atoms with Crippen molar-refractivity contribution in [1.29, 1.82) is 0 Å². The lowest BCUT2D eigenvalue weighted by molar-refractivity contribution is -0.597. The Labute approximate surface area is 267 Å². The maximum absolute atomic E-state index is 15.1. The number of hydrogen-bond donors (Lipinski definition) is 3. The van der Waals surface area contributed by atoms with Crippen LogP contribution < -0.4 is 9.67 Å². The number of carbonyl (C=O) groups is 2. The first-order valence-corrected chi connectivity index (χ1v) is 15.0. The number of halogens is 7. The molecule has 3 aromatic rings. The number of aromatic nitrogens is 2. The number of morpholine rings is 1. The number of hydrogen-bond acceptors (Lipinski definition) is 7. The zero-order chi connectivity index (χ0) is 36.3. The van der Waals surface area contributed by atoms with Crippen LogP contribution in [-0.2, 0) is 30.1 Å². The van der Waals surface area contributed by atoms with E-state index in [0.717, 1.165) is 11.0 Å². The van der Waals surface area contributed by atoms with Crippen LogP contribution in [0.1, 0.15) is 36.7 Å². The number of carbonyl (C=O) groups excluding carboxylic acids is 2. The van der Waals surface area contributed by atoms with Crippen LogP contribution >= 0.6 is 7.82 Å². The first-order valence-electron chi connectivity index (χ1n) is 13.5. The molecule has 1 aliphatic heterocycles. The number of aliphatic hydroxyl groups is 1. The van der Waals surface area contributed by atoms with Crippen molar-refractivity contribution in [3.05, 3.63) is 88.7 Å². The maximum Gasteiger partial charge on any atom is 0.472 e. The molecule has 4 rings (SSSR count). The summed E-state index contributed by atoms with van der Waals surface area (Å²) in [6.07, 6.45) is -2.94. The molecule has 20 heteroatoms. The molecule has 48 heavy (non-hydrogen) atoms. The Bertz CT molecular complexity index is 1740. The average molecular weight is 713 g/mol. The minimum Gasteiger partial charge on any atom is -0.542 e. The molecule has 3 N–H and O–H groups in total. The second kappa shape index (κ2) is 14.9. The van der Waals surface area contributed by atoms with Gasteiger partial charge >= 0.3 is 14.0 Å². The summed E-state index contributed by atoms with van der Waals surface area (Å²) in [6, 6.07) is 4.23. The molecule has 0 saturated carbocycles. The molecule has 0 unspecified atom stereocenters. The van der Waals surface area contributed by atoms with Gasteiger partial charge in [-0.3, -0.25) is 4.79 Å². The molecule has 2 heterocycles. The number of carboxylic acids is 1. The fourth-order valence-corrected chi connectivity index (χ4v) is 4.81. The summed E-state index contributed by atoms with van der Waals surface area (Å²) in [5, 5.41) is 19.2. The van der Waals surface area contributed by atoms with Crippen LogP contribution in [0, 0.1) is 30.2 Å². The molecule has 262 valence electrons. The van der Waals surface area contributed by atoms with Crippen molar-refractivity contribution in [2.45, 2.75) is 51.9 Å². The number of carboxylic acid groups (broad SMARTS) is 1. The number of aliphatic carboxylic acids is 1. The average Bonchev–Trinajstić information content (AvgIpc) is 3.32. The number of rotatable bonds is 8. The van der Waals surface area contributed by atoms with Gasteiger partial charge in [0.1, 0.15) is 24.0 Å². The van der Waals surface area contributed by atoms with Gasteiger partial charge < -0.3 is 34.4 Å². The van der Waals surface area contributed by atoms with E-state index in [2.05, 4.69) is 4.52 Å². The summed E-state index contributed by atoms with van der Waals surface area (Å²) < 4.78 is 112. The van der Waals surface area contributed by atoms with E-state index < -0.39 is 74.1 Å². The fraction of sp³-hybridized carbons (Fsp3) is 0.321. The molecule has 1 aromatic heterocycles. The maximum atomic E-state index is 15.1. The number of phosphoric ester groups is 1. The first-order chi connectivity index (χ1) is 22.1. The highest BCUT2D eigenvalue weighted by atomic mass is 31.2. The molecule has 3 atom stereocenters. The predicted octanol–water partition coefficient (Wildman–Crippen LogP) is 2.71. The van der Waals surface area contributed by atoms with Gasteiger partial charge in [-0.25, -0.2) is 31.2 Å². The normalized spacial score (nSPS) is 17.4. The van der Waals surface area contributed by atoms with Gasteiger partial charge in [0.2, 0.25) is 6.73 Å². The molecule has 1 amide bonds. The molecule has 1 saturated heterocycles. The monoisotopic (exact) mass is 713 g/mol. The third-order valence-corrected chi connectivity index (χ3v) is 7.03. The number of amides is 1. The Kier molecular flexibility index (Phi) is 11.8. The number of benzene rings is 2. The highest BCUT2D eigenvalue weighted by Crippen LogP contribution is 2.36. The van der Waals surface area contributed by atoms with Crippen molar-refractivity contribution < 1.29 is 78.7 Å². The van der Waals surface area contributed by atoms with Crippen molar-refractivity contribution >= 4 is 25.8 Å². The molecule has 1 fully saturated rings. The van der Waals surface area contributed by atoms with E-state index in [1.165, 1.54) is 46.8 Å². The number of aliphatic hydroxyl groups excluding tert-OH is 1. The molecule has 0 bridgehead atoms. The van der Waals surface area contributed by atoms with Crippen molar-refractivity contribution in [2.24, 2.45) is 0 Å². The van der Waals surface area contributed by atoms with E-state index in [1.54, 1.807) is 13.8 Å². The quantitative estimate of drug-likeness (QED) is 0.105. The van der Waals surface area contributed by atoms with Crippen LogP contribution in [0.5, 0.6) is 0 Å². The second-order valence-corrected chi connectivity index (χ2v) is 11.6. The van der Waals surface area contributed by atoms with Crippen LogP contribution in [0.3, 0.4) is 0 Å². The van der Waals surface area contributed by atoms with Gasteiger partial charge in [-0.05, 0) is 55.3 Å². The first kappa shape index (κ1) is 38.2. The van der Waals surface area contributed by atoms with Crippen LogP contribution in [0.15, 0.2) is 48.6 Å². The number of ether oxygens (including phenoxy) is 1. The van der Waals surface area contributed by atoms with E-state index in [0.29, 0.717) is 17.8 Å². The third-order valence-electron chi connectivity index (χ3n) is 6.58. The molecule has 12 nitrogen and oxygen atoms in total. The number of phosphoric acid groups is 1. The number of aryl methyl sites for hydroxylation is 1. The Hall–Kier alpha value is -4.29. The zero-order valence-electron chi connectivity index (χ0n) is 25.0. The van der Waals surface area contributed by atoms with E-state index >= 15 is 4.39 Å². The van der Waals surface area contributed by atoms with Gasteiger partial charge in [0.05, 0.1) is 18.7 Å². The summed E-state index contributed by atoms with van der Waals surface area (Å²) in [4.78, 5) is 41.1. The molecular weight excluding hydrogens is 686 g/mol. The SMILES string of the molecule is Cc1c[n+](-c2ccc(C=C3O[C@@H](C)CN([C@H](c4cc(F)c(F)c(F)c4)[C@@H](C)O)C3=O)cc2F)cn1COP(=O)(O)O.O=C([O-])C(F)(F)F. The summed E-state index contributed by atoms with van der Waals surface area (Å²) >= 11 is 0. The van der Waals surface area contributed by atoms with Gasteiger partial charge in [-0.1, -0.05) is 6.07 Å². The summed E-state index contributed by atoms with van der Waals surface area (Å²) in [5.41, 5.74) is 0.690. The standard InChI is InChI=1S/C26H26F4N3O7P.C2HF3O2/c1-14-10-31(12-32(14)13-39-41(36,37)38)22-5-4-17(6-19(22)27)7-23-26(35)33(11-15(2)40-23)25(16(3)34)18-8-20(28)24(30)21(29)9-18;3-2(4,5)1(6)7/h4-10,12,15-16,25,34H,11,13H2,1-3H3,(H-,36,37,38);(H,6,7)/t15-,16+,25-;/m0./s1. The Balaban J connectivity index is 0.000000804. The van der Waals surface area contributed by atoms with Gasteiger partial charge in [0, 0.05) is 6.92 Å². The highest BCUT2D eigenvalue weighted by Gasteiger charge is 2.38. The summed E-state index contributed by atoms with van der Waals surface area (Å²) in [7, 11) is -4.71. The molecule has 0 radical (unpaired) electrons. The van der Waals surface area contributed by atoms with E-state index in [1.807, 2.05) is 0 Å². The van der Waals surface area contributed by atoms with Crippen molar-refractivity contribution in [2.75, 3.05) is 6.54 Å². The van der Waals surface area contributed by atoms with Crippen LogP contribution in [0.2, 0.25) is 0 Å². The third kappa shape index (κ3) is 9.63. The van der Waals surface area contributed by atoms with Crippen LogP contribution in [-0.4, -0.2) is 61.2 Å². The molecule has 0 spiro atoms.